The van der Waals surface area contributed by atoms with Gasteiger partial charge in [-0.05, 0) is 49.3 Å². The lowest BCUT2D eigenvalue weighted by molar-refractivity contribution is 0.609. The Morgan fingerprint density at radius 1 is 1.14 bits per heavy atom. The zero-order chi connectivity index (χ0) is 9.97. The fraction of sp³-hybridized carbons (Fsp3) is 0.583. The Morgan fingerprint density at radius 3 is 2.64 bits per heavy atom. The standard InChI is InChI=1S/C12H18BN/c1-9-8-10-6-4-2-3-5-7-11(10)14-12(9)13/h8H,2-7,13H2,1H3. The largest absolute Gasteiger partial charge is 0.268 e. The van der Waals surface area contributed by atoms with E-state index in [0.717, 1.165) is 0 Å². The number of hydrogen-bond acceptors (Lipinski definition) is 1. The number of nitrogens with zero attached hydrogens (tertiary/aromatic N) is 1. The molecule has 0 unspecified atom stereocenters. The average Bonchev–Trinajstić information content (AvgIpc) is 2.13. The van der Waals surface area contributed by atoms with Crippen LogP contribution in [-0.4, -0.2) is 12.8 Å². The smallest absolute Gasteiger partial charge is 0.164 e. The molecule has 1 heterocycles. The molecular formula is C12H18BN. The normalized spacial score (nSPS) is 16.9. The monoisotopic (exact) mass is 187 g/mol. The summed E-state index contributed by atoms with van der Waals surface area (Å²) < 4.78 is 0. The van der Waals surface area contributed by atoms with E-state index >= 15 is 0 Å². The third-order valence-electron chi connectivity index (χ3n) is 3.24. The van der Waals surface area contributed by atoms with Crippen molar-refractivity contribution in [2.24, 2.45) is 0 Å². The van der Waals surface area contributed by atoms with Gasteiger partial charge in [0.1, 0.15) is 0 Å². The van der Waals surface area contributed by atoms with Crippen LogP contribution in [0, 0.1) is 6.92 Å². The minimum atomic E-state index is 1.19. The first-order chi connectivity index (χ1) is 6.77. The molecule has 0 atom stereocenters. The Balaban J connectivity index is 2.35. The number of aryl methyl sites for hydroxylation is 3. The lowest BCUT2D eigenvalue weighted by atomic mass is 9.91. The summed E-state index contributed by atoms with van der Waals surface area (Å²) in [5.74, 6) is 0. The van der Waals surface area contributed by atoms with Gasteiger partial charge in [0.15, 0.2) is 7.85 Å². The molecule has 1 aromatic heterocycles. The highest BCUT2D eigenvalue weighted by Gasteiger charge is 2.09. The summed E-state index contributed by atoms with van der Waals surface area (Å²) in [5, 5.41) is 0. The van der Waals surface area contributed by atoms with Crippen molar-refractivity contribution in [3.63, 3.8) is 0 Å². The summed E-state index contributed by atoms with van der Waals surface area (Å²) in [6, 6.07) is 2.35. The van der Waals surface area contributed by atoms with Gasteiger partial charge in [0, 0.05) is 5.69 Å². The highest BCUT2D eigenvalue weighted by Crippen LogP contribution is 2.18. The summed E-state index contributed by atoms with van der Waals surface area (Å²) in [4.78, 5) is 4.71. The van der Waals surface area contributed by atoms with Crippen molar-refractivity contribution < 1.29 is 0 Å². The van der Waals surface area contributed by atoms with Gasteiger partial charge in [-0.25, -0.2) is 0 Å². The van der Waals surface area contributed by atoms with Gasteiger partial charge in [0.25, 0.3) is 0 Å². The molecule has 0 bridgehead atoms. The molecule has 0 N–H and O–H groups in total. The van der Waals surface area contributed by atoms with Crippen LogP contribution in [0.5, 0.6) is 0 Å². The molecule has 0 aromatic carbocycles. The molecule has 0 saturated carbocycles. The predicted octanol–water partition coefficient (Wildman–Crippen LogP) is 1.31. The van der Waals surface area contributed by atoms with Gasteiger partial charge >= 0.3 is 0 Å². The minimum absolute atomic E-state index is 1.19. The first kappa shape index (κ1) is 9.76. The number of fused-ring (bicyclic) bond motifs is 1. The molecule has 14 heavy (non-hydrogen) atoms. The summed E-state index contributed by atoms with van der Waals surface area (Å²) in [5.41, 5.74) is 5.44. The summed E-state index contributed by atoms with van der Waals surface area (Å²) in [7, 11) is 2.12. The average molecular weight is 187 g/mol. The SMILES string of the molecule is Bc1nc2c(cc1C)CCCCCC2. The van der Waals surface area contributed by atoms with Crippen molar-refractivity contribution in [2.45, 2.75) is 45.4 Å². The Morgan fingerprint density at radius 2 is 1.86 bits per heavy atom. The van der Waals surface area contributed by atoms with E-state index in [-0.39, 0.29) is 0 Å². The van der Waals surface area contributed by atoms with Gasteiger partial charge in [-0.1, -0.05) is 18.9 Å². The molecule has 0 aliphatic heterocycles. The molecule has 0 amide bonds. The van der Waals surface area contributed by atoms with Crippen molar-refractivity contribution >= 4 is 13.4 Å². The molecule has 0 spiro atoms. The van der Waals surface area contributed by atoms with Crippen LogP contribution in [0.3, 0.4) is 0 Å². The molecule has 1 nitrogen and oxygen atoms in total. The number of pyridine rings is 1. The van der Waals surface area contributed by atoms with Crippen molar-refractivity contribution in [1.82, 2.24) is 4.98 Å². The second kappa shape index (κ2) is 4.16. The van der Waals surface area contributed by atoms with Crippen LogP contribution in [0.2, 0.25) is 0 Å². The highest BCUT2D eigenvalue weighted by molar-refractivity contribution is 6.31. The molecule has 2 heteroatoms. The first-order valence-electron chi connectivity index (χ1n) is 5.73. The van der Waals surface area contributed by atoms with E-state index in [1.54, 1.807) is 0 Å². The van der Waals surface area contributed by atoms with E-state index in [1.165, 1.54) is 60.9 Å². The van der Waals surface area contributed by atoms with E-state index in [0.29, 0.717) is 0 Å². The van der Waals surface area contributed by atoms with Crippen molar-refractivity contribution in [1.29, 1.82) is 0 Å². The van der Waals surface area contributed by atoms with E-state index in [4.69, 9.17) is 4.98 Å². The Hall–Kier alpha value is -0.785. The van der Waals surface area contributed by atoms with Crippen LogP contribution in [0.1, 0.15) is 42.5 Å². The first-order valence-corrected chi connectivity index (χ1v) is 5.73. The minimum Gasteiger partial charge on any atom is -0.268 e. The second-order valence-corrected chi connectivity index (χ2v) is 4.41. The maximum atomic E-state index is 4.71. The molecule has 0 saturated heterocycles. The number of hydrogen-bond donors (Lipinski definition) is 0. The maximum absolute atomic E-state index is 4.71. The lowest BCUT2D eigenvalue weighted by Crippen LogP contribution is -2.17. The van der Waals surface area contributed by atoms with E-state index in [9.17, 15) is 0 Å². The van der Waals surface area contributed by atoms with Gasteiger partial charge in [0.05, 0.1) is 0 Å². The fourth-order valence-electron chi connectivity index (χ4n) is 2.21. The van der Waals surface area contributed by atoms with Gasteiger partial charge < -0.3 is 0 Å². The fourth-order valence-corrected chi connectivity index (χ4v) is 2.21. The van der Waals surface area contributed by atoms with Crippen LogP contribution in [0.25, 0.3) is 0 Å². The van der Waals surface area contributed by atoms with Crippen LogP contribution >= 0.6 is 0 Å². The molecule has 1 aliphatic rings. The van der Waals surface area contributed by atoms with Crippen LogP contribution < -0.4 is 5.59 Å². The summed E-state index contributed by atoms with van der Waals surface area (Å²) >= 11 is 0. The third-order valence-corrected chi connectivity index (χ3v) is 3.24. The summed E-state index contributed by atoms with van der Waals surface area (Å²) in [6.45, 7) is 2.17. The molecule has 2 rings (SSSR count). The highest BCUT2D eigenvalue weighted by atomic mass is 14.7. The van der Waals surface area contributed by atoms with E-state index in [2.05, 4.69) is 20.8 Å². The Bertz CT molecular complexity index is 300. The molecule has 1 aliphatic carbocycles. The molecule has 0 fully saturated rings. The predicted molar refractivity (Wildman–Crippen MR) is 63.0 cm³/mol. The lowest BCUT2D eigenvalue weighted by Gasteiger charge is -2.14. The topological polar surface area (TPSA) is 12.9 Å². The third kappa shape index (κ3) is 2.00. The maximum Gasteiger partial charge on any atom is 0.164 e. The number of aromatic nitrogens is 1. The van der Waals surface area contributed by atoms with Crippen LogP contribution in [0.15, 0.2) is 6.07 Å². The van der Waals surface area contributed by atoms with Gasteiger partial charge in [-0.15, -0.1) is 0 Å². The Kier molecular flexibility index (Phi) is 2.90. The van der Waals surface area contributed by atoms with Gasteiger partial charge in [-0.2, -0.15) is 0 Å². The number of rotatable bonds is 0. The Labute approximate surface area is 87.4 Å². The van der Waals surface area contributed by atoms with Crippen molar-refractivity contribution in [3.8, 4) is 0 Å². The van der Waals surface area contributed by atoms with E-state index in [1.807, 2.05) is 0 Å². The second-order valence-electron chi connectivity index (χ2n) is 4.41. The van der Waals surface area contributed by atoms with Gasteiger partial charge in [-0.3, -0.25) is 4.98 Å². The van der Waals surface area contributed by atoms with Crippen molar-refractivity contribution in [2.75, 3.05) is 0 Å². The molecule has 1 aromatic rings. The van der Waals surface area contributed by atoms with Crippen LogP contribution in [0.4, 0.5) is 0 Å². The van der Waals surface area contributed by atoms with E-state index < -0.39 is 0 Å². The zero-order valence-corrected chi connectivity index (χ0v) is 9.27. The van der Waals surface area contributed by atoms with Gasteiger partial charge in [0.2, 0.25) is 0 Å². The van der Waals surface area contributed by atoms with Crippen molar-refractivity contribution in [3.05, 3.63) is 22.9 Å². The molecule has 0 radical (unpaired) electrons. The van der Waals surface area contributed by atoms with Crippen LogP contribution in [-0.2, 0) is 12.8 Å². The quantitative estimate of drug-likeness (QED) is 0.558. The summed E-state index contributed by atoms with van der Waals surface area (Å²) in [6.07, 6.45) is 7.87. The molecule has 74 valence electrons. The molecular weight excluding hydrogens is 169 g/mol. The zero-order valence-electron chi connectivity index (χ0n) is 9.27.